The molecule has 0 aliphatic heterocycles. The number of hydrogen-bond donors (Lipinski definition) is 1. The number of hydrogen-bond acceptors (Lipinski definition) is 2. The fraction of sp³-hybridized carbons (Fsp3) is 0.200. The standard InChI is InChI=1S/C15H13BrClFO2/c1-20-8-9-3-2-4-10(7-9)15(19)11-5-6-12(16)13(17)14(11)18/h2-7,15,19H,8H2,1H3. The van der Waals surface area contributed by atoms with Gasteiger partial charge in [0.05, 0.1) is 11.6 Å². The lowest BCUT2D eigenvalue weighted by atomic mass is 9.99. The van der Waals surface area contributed by atoms with Crippen molar-refractivity contribution < 1.29 is 14.2 Å². The molecule has 0 amide bonds. The Labute approximate surface area is 130 Å². The minimum Gasteiger partial charge on any atom is -0.384 e. The molecule has 2 nitrogen and oxygen atoms in total. The van der Waals surface area contributed by atoms with Gasteiger partial charge in [0.2, 0.25) is 0 Å². The van der Waals surface area contributed by atoms with Crippen molar-refractivity contribution in [1.82, 2.24) is 0 Å². The zero-order valence-corrected chi connectivity index (χ0v) is 13.1. The van der Waals surface area contributed by atoms with Crippen molar-refractivity contribution in [2.45, 2.75) is 12.7 Å². The van der Waals surface area contributed by atoms with E-state index in [0.29, 0.717) is 16.6 Å². The third-order valence-corrected chi connectivity index (χ3v) is 4.20. The number of halogens is 3. The Bertz CT molecular complexity index is 619. The molecule has 0 bridgehead atoms. The van der Waals surface area contributed by atoms with Crippen LogP contribution in [0.15, 0.2) is 40.9 Å². The van der Waals surface area contributed by atoms with Gasteiger partial charge in [-0.3, -0.25) is 0 Å². The summed E-state index contributed by atoms with van der Waals surface area (Å²) < 4.78 is 19.6. The lowest BCUT2D eigenvalue weighted by Gasteiger charge is -2.14. The van der Waals surface area contributed by atoms with Gasteiger partial charge < -0.3 is 9.84 Å². The second-order valence-electron chi connectivity index (χ2n) is 4.35. The molecular formula is C15H13BrClFO2. The van der Waals surface area contributed by atoms with E-state index in [4.69, 9.17) is 16.3 Å². The van der Waals surface area contributed by atoms with Crippen LogP contribution in [-0.2, 0) is 11.3 Å². The van der Waals surface area contributed by atoms with Gasteiger partial charge in [-0.2, -0.15) is 0 Å². The first-order chi connectivity index (χ1) is 9.54. The van der Waals surface area contributed by atoms with Crippen molar-refractivity contribution in [3.05, 3.63) is 68.4 Å². The van der Waals surface area contributed by atoms with Crippen LogP contribution in [0.5, 0.6) is 0 Å². The molecule has 0 radical (unpaired) electrons. The Kier molecular flexibility index (Phi) is 5.16. The first kappa shape index (κ1) is 15.4. The van der Waals surface area contributed by atoms with E-state index in [1.54, 1.807) is 31.4 Å². The Morgan fingerprint density at radius 2 is 2.10 bits per heavy atom. The van der Waals surface area contributed by atoms with Crippen LogP contribution in [0, 0.1) is 5.82 Å². The molecule has 0 saturated carbocycles. The van der Waals surface area contributed by atoms with E-state index in [1.165, 1.54) is 6.07 Å². The third-order valence-electron chi connectivity index (χ3n) is 2.94. The summed E-state index contributed by atoms with van der Waals surface area (Å²) in [6.07, 6.45) is -1.07. The number of benzene rings is 2. The Morgan fingerprint density at radius 1 is 1.35 bits per heavy atom. The molecule has 0 aromatic heterocycles. The van der Waals surface area contributed by atoms with Crippen LogP contribution in [-0.4, -0.2) is 12.2 Å². The van der Waals surface area contributed by atoms with E-state index in [9.17, 15) is 9.50 Å². The van der Waals surface area contributed by atoms with Gasteiger partial charge in [-0.1, -0.05) is 41.9 Å². The zero-order chi connectivity index (χ0) is 14.7. The highest BCUT2D eigenvalue weighted by atomic mass is 79.9. The molecule has 1 unspecified atom stereocenters. The summed E-state index contributed by atoms with van der Waals surface area (Å²) in [5, 5.41) is 10.3. The summed E-state index contributed by atoms with van der Waals surface area (Å²) in [7, 11) is 1.59. The normalized spacial score (nSPS) is 12.4. The highest BCUT2D eigenvalue weighted by molar-refractivity contribution is 9.10. The summed E-state index contributed by atoms with van der Waals surface area (Å²) in [6.45, 7) is 0.435. The van der Waals surface area contributed by atoms with E-state index in [2.05, 4.69) is 15.9 Å². The van der Waals surface area contributed by atoms with Crippen LogP contribution in [0.4, 0.5) is 4.39 Å². The van der Waals surface area contributed by atoms with E-state index < -0.39 is 11.9 Å². The van der Waals surface area contributed by atoms with Gasteiger partial charge in [-0.15, -0.1) is 0 Å². The van der Waals surface area contributed by atoms with Gasteiger partial charge in [0.25, 0.3) is 0 Å². The van der Waals surface area contributed by atoms with Gasteiger partial charge >= 0.3 is 0 Å². The van der Waals surface area contributed by atoms with Crippen LogP contribution in [0.3, 0.4) is 0 Å². The highest BCUT2D eigenvalue weighted by Crippen LogP contribution is 2.33. The highest BCUT2D eigenvalue weighted by Gasteiger charge is 2.18. The second-order valence-corrected chi connectivity index (χ2v) is 5.58. The molecular weight excluding hydrogens is 347 g/mol. The molecule has 5 heteroatoms. The van der Waals surface area contributed by atoms with E-state index in [-0.39, 0.29) is 10.6 Å². The van der Waals surface area contributed by atoms with Gasteiger partial charge in [-0.05, 0) is 33.1 Å². The summed E-state index contributed by atoms with van der Waals surface area (Å²) >= 11 is 8.99. The second kappa shape index (κ2) is 6.68. The zero-order valence-electron chi connectivity index (χ0n) is 10.7. The molecule has 2 rings (SSSR count). The molecule has 106 valence electrons. The van der Waals surface area contributed by atoms with Crippen molar-refractivity contribution >= 4 is 27.5 Å². The van der Waals surface area contributed by atoms with Gasteiger partial charge in [0.1, 0.15) is 11.9 Å². The molecule has 0 saturated heterocycles. The monoisotopic (exact) mass is 358 g/mol. The third kappa shape index (κ3) is 3.20. The fourth-order valence-electron chi connectivity index (χ4n) is 1.95. The van der Waals surface area contributed by atoms with E-state index >= 15 is 0 Å². The molecule has 20 heavy (non-hydrogen) atoms. The quantitative estimate of drug-likeness (QED) is 0.816. The minimum absolute atomic E-state index is 0.0328. The van der Waals surface area contributed by atoms with Crippen LogP contribution in [0.2, 0.25) is 5.02 Å². The van der Waals surface area contributed by atoms with Gasteiger partial charge in [-0.25, -0.2) is 4.39 Å². The molecule has 2 aromatic carbocycles. The molecule has 0 fully saturated rings. The van der Waals surface area contributed by atoms with E-state index in [0.717, 1.165) is 5.56 Å². The summed E-state index contributed by atoms with van der Waals surface area (Å²) in [6, 6.07) is 10.3. The summed E-state index contributed by atoms with van der Waals surface area (Å²) in [5.41, 5.74) is 1.65. The first-order valence-electron chi connectivity index (χ1n) is 5.94. The van der Waals surface area contributed by atoms with Crippen molar-refractivity contribution in [3.8, 4) is 0 Å². The topological polar surface area (TPSA) is 29.5 Å². The van der Waals surface area contributed by atoms with Crippen LogP contribution < -0.4 is 0 Å². The molecule has 1 atom stereocenters. The van der Waals surface area contributed by atoms with Crippen LogP contribution in [0.25, 0.3) is 0 Å². The van der Waals surface area contributed by atoms with E-state index in [1.807, 2.05) is 6.07 Å². The maximum Gasteiger partial charge on any atom is 0.149 e. The lowest BCUT2D eigenvalue weighted by Crippen LogP contribution is -2.04. The summed E-state index contributed by atoms with van der Waals surface area (Å²) in [4.78, 5) is 0. The molecule has 0 spiro atoms. The van der Waals surface area contributed by atoms with Gasteiger partial charge in [0, 0.05) is 17.1 Å². The van der Waals surface area contributed by atoms with Crippen molar-refractivity contribution in [1.29, 1.82) is 0 Å². The lowest BCUT2D eigenvalue weighted by molar-refractivity contribution is 0.184. The first-order valence-corrected chi connectivity index (χ1v) is 7.11. The van der Waals surface area contributed by atoms with Gasteiger partial charge in [0.15, 0.2) is 0 Å². The molecule has 2 aromatic rings. The Balaban J connectivity index is 2.38. The number of ether oxygens (including phenoxy) is 1. The Hall–Kier alpha value is -0.940. The molecule has 0 aliphatic carbocycles. The predicted molar refractivity (Wildman–Crippen MR) is 80.3 cm³/mol. The largest absolute Gasteiger partial charge is 0.384 e. The minimum atomic E-state index is -1.07. The maximum absolute atomic E-state index is 14.1. The van der Waals surface area contributed by atoms with Crippen molar-refractivity contribution in [2.24, 2.45) is 0 Å². The van der Waals surface area contributed by atoms with Crippen molar-refractivity contribution in [3.63, 3.8) is 0 Å². The number of rotatable bonds is 4. The average molecular weight is 360 g/mol. The SMILES string of the molecule is COCc1cccc(C(O)c2ccc(Br)c(Cl)c2F)c1. The predicted octanol–water partition coefficient (Wildman–Crippen LogP) is 4.47. The van der Waals surface area contributed by atoms with Crippen molar-refractivity contribution in [2.75, 3.05) is 7.11 Å². The van der Waals surface area contributed by atoms with Crippen LogP contribution in [0.1, 0.15) is 22.8 Å². The maximum atomic E-state index is 14.1. The molecule has 1 N–H and O–H groups in total. The molecule has 0 aliphatic rings. The fourth-order valence-corrected chi connectivity index (χ4v) is 2.43. The number of aliphatic hydroxyl groups is 1. The summed E-state index contributed by atoms with van der Waals surface area (Å²) in [5.74, 6) is -0.620. The average Bonchev–Trinajstić information content (AvgIpc) is 2.45. The van der Waals surface area contributed by atoms with Crippen LogP contribution >= 0.6 is 27.5 Å². The smallest absolute Gasteiger partial charge is 0.149 e. The Morgan fingerprint density at radius 3 is 2.80 bits per heavy atom. The molecule has 0 heterocycles. The number of methoxy groups -OCH3 is 1. The number of aliphatic hydroxyl groups excluding tert-OH is 1.